The summed E-state index contributed by atoms with van der Waals surface area (Å²) in [5, 5.41) is 6.89. The van der Waals surface area contributed by atoms with Gasteiger partial charge in [-0.15, -0.1) is 0 Å². The van der Waals surface area contributed by atoms with Crippen LogP contribution in [0.25, 0.3) is 105 Å². The van der Waals surface area contributed by atoms with Crippen molar-refractivity contribution in [3.05, 3.63) is 164 Å². The number of hydrogen-bond acceptors (Lipinski definition) is 3. The summed E-state index contributed by atoms with van der Waals surface area (Å²) in [5.41, 5.74) is 11.9. The lowest BCUT2D eigenvalue weighted by Crippen LogP contribution is -1.99. The summed E-state index contributed by atoms with van der Waals surface area (Å²) in [4.78, 5) is 14.1. The summed E-state index contributed by atoms with van der Waals surface area (Å²) < 4.78 is 8.72. The highest BCUT2D eigenvalue weighted by molar-refractivity contribution is 6.12. The Morgan fingerprint density at radius 3 is 2.24 bits per heavy atom. The fourth-order valence-corrected chi connectivity index (χ4v) is 7.91. The van der Waals surface area contributed by atoms with Gasteiger partial charge in [0.1, 0.15) is 17.1 Å². The van der Waals surface area contributed by atoms with Crippen molar-refractivity contribution >= 4 is 65.6 Å². The molecule has 7 aromatic carbocycles. The van der Waals surface area contributed by atoms with Gasteiger partial charge in [0.05, 0.1) is 22.2 Å². The number of aromatic amines is 1. The van der Waals surface area contributed by atoms with E-state index in [0.717, 1.165) is 83.5 Å². The Bertz CT molecular complexity index is 3160. The van der Waals surface area contributed by atoms with Gasteiger partial charge in [-0.1, -0.05) is 115 Å². The van der Waals surface area contributed by atoms with Gasteiger partial charge in [0.15, 0.2) is 5.58 Å². The van der Waals surface area contributed by atoms with E-state index in [1.165, 1.54) is 21.5 Å². The molecule has 0 unspecified atom stereocenters. The average molecular weight is 653 g/mol. The van der Waals surface area contributed by atoms with Crippen LogP contribution in [-0.2, 0) is 0 Å². The Hall–Kier alpha value is -6.98. The molecule has 0 amide bonds. The molecule has 1 N–H and O–H groups in total. The zero-order valence-electron chi connectivity index (χ0n) is 27.3. The van der Waals surface area contributed by atoms with Crippen LogP contribution in [0.15, 0.2) is 168 Å². The maximum atomic E-state index is 6.38. The largest absolute Gasteiger partial charge is 0.454 e. The molecule has 0 saturated carbocycles. The lowest BCUT2D eigenvalue weighted by atomic mass is 9.99. The second-order valence-electron chi connectivity index (χ2n) is 13.1. The lowest BCUT2D eigenvalue weighted by molar-refractivity contribution is 0.668. The maximum absolute atomic E-state index is 6.38. The molecule has 0 aliphatic carbocycles. The number of fused-ring (bicyclic) bond motifs is 8. The van der Waals surface area contributed by atoms with Crippen LogP contribution in [0.1, 0.15) is 0 Å². The number of pyridine rings is 1. The molecule has 0 aliphatic rings. The van der Waals surface area contributed by atoms with Crippen LogP contribution >= 0.6 is 0 Å². The minimum Gasteiger partial charge on any atom is -0.454 e. The number of nitrogens with zero attached hydrogens (tertiary/aromatic N) is 3. The van der Waals surface area contributed by atoms with E-state index in [4.69, 9.17) is 14.4 Å². The Kier molecular flexibility index (Phi) is 5.89. The fourth-order valence-electron chi connectivity index (χ4n) is 7.91. The fraction of sp³-hybridized carbons (Fsp3) is 0. The normalized spacial score (nSPS) is 11.9. The summed E-state index contributed by atoms with van der Waals surface area (Å²) in [7, 11) is 0. The number of benzene rings is 7. The van der Waals surface area contributed by atoms with Crippen molar-refractivity contribution in [3.63, 3.8) is 0 Å². The number of nitrogens with one attached hydrogen (secondary N) is 1. The molecule has 11 rings (SSSR count). The topological polar surface area (TPSA) is 59.6 Å². The molecule has 5 heteroatoms. The highest BCUT2D eigenvalue weighted by Crippen LogP contribution is 2.41. The molecule has 0 fully saturated rings. The van der Waals surface area contributed by atoms with Gasteiger partial charge in [-0.3, -0.25) is 9.55 Å². The molecule has 0 atom stereocenters. The van der Waals surface area contributed by atoms with E-state index >= 15 is 0 Å². The second kappa shape index (κ2) is 10.8. The number of hydrogen-bond donors (Lipinski definition) is 1. The Morgan fingerprint density at radius 2 is 1.27 bits per heavy atom. The van der Waals surface area contributed by atoms with E-state index in [0.29, 0.717) is 0 Å². The van der Waals surface area contributed by atoms with Gasteiger partial charge in [-0.05, 0) is 53.4 Å². The summed E-state index contributed by atoms with van der Waals surface area (Å²) >= 11 is 0. The molecule has 0 bridgehead atoms. The van der Waals surface area contributed by atoms with Crippen molar-refractivity contribution in [2.45, 2.75) is 0 Å². The SMILES string of the molecule is c1cc(-c2cccc3c2nc(-c2cccc4c2[nH]c2ccccc24)n3-c2cccc3ccccc23)cc(-c2nccc3c2oc2ccccc23)c1. The Balaban J connectivity index is 1.18. The van der Waals surface area contributed by atoms with Crippen LogP contribution in [-0.4, -0.2) is 19.5 Å². The summed E-state index contributed by atoms with van der Waals surface area (Å²) in [5.74, 6) is 0.885. The minimum absolute atomic E-state index is 0.794. The summed E-state index contributed by atoms with van der Waals surface area (Å²) in [6.07, 6.45) is 1.87. The third kappa shape index (κ3) is 4.15. The van der Waals surface area contributed by atoms with Crippen molar-refractivity contribution in [2.75, 3.05) is 0 Å². The van der Waals surface area contributed by atoms with Gasteiger partial charge < -0.3 is 9.40 Å². The van der Waals surface area contributed by atoms with E-state index in [9.17, 15) is 0 Å². The number of H-pyrrole nitrogens is 1. The average Bonchev–Trinajstić information content (AvgIpc) is 3.89. The zero-order valence-corrected chi connectivity index (χ0v) is 27.3. The lowest BCUT2D eigenvalue weighted by Gasteiger charge is -2.13. The molecule has 4 aromatic heterocycles. The standard InChI is InChI=1S/C46H28N4O/c1-2-15-31-28(11-1)12-8-22-39(31)50-40-23-10-18-32(44(40)49-46(50)37-20-9-19-35-33-16-3-5-21-38(33)48-43(35)37)29-13-7-14-30(27-29)42-45-36(25-26-47-42)34-17-4-6-24-41(34)51-45/h1-27,48H. The number of para-hydroxylation sites is 4. The third-order valence-corrected chi connectivity index (χ3v) is 10.2. The van der Waals surface area contributed by atoms with Crippen LogP contribution in [0.5, 0.6) is 0 Å². The van der Waals surface area contributed by atoms with Gasteiger partial charge in [0.25, 0.3) is 0 Å². The monoisotopic (exact) mass is 652 g/mol. The maximum Gasteiger partial charge on any atom is 0.161 e. The van der Waals surface area contributed by atoms with E-state index in [1.54, 1.807) is 0 Å². The molecule has 51 heavy (non-hydrogen) atoms. The first-order chi connectivity index (χ1) is 25.3. The van der Waals surface area contributed by atoms with Crippen molar-refractivity contribution in [3.8, 4) is 39.5 Å². The van der Waals surface area contributed by atoms with Crippen molar-refractivity contribution in [1.82, 2.24) is 19.5 Å². The van der Waals surface area contributed by atoms with Crippen LogP contribution < -0.4 is 0 Å². The molecule has 11 aromatic rings. The van der Waals surface area contributed by atoms with E-state index in [2.05, 4.69) is 143 Å². The van der Waals surface area contributed by atoms with Gasteiger partial charge in [0.2, 0.25) is 0 Å². The molecule has 0 saturated heterocycles. The van der Waals surface area contributed by atoms with E-state index in [-0.39, 0.29) is 0 Å². The summed E-state index contributed by atoms with van der Waals surface area (Å²) in [6.45, 7) is 0. The second-order valence-corrected chi connectivity index (χ2v) is 13.1. The Labute approximate surface area is 292 Å². The third-order valence-electron chi connectivity index (χ3n) is 10.2. The molecule has 0 radical (unpaired) electrons. The molecule has 5 nitrogen and oxygen atoms in total. The predicted octanol–water partition coefficient (Wildman–Crippen LogP) is 12.1. The first kappa shape index (κ1) is 27.9. The first-order valence-corrected chi connectivity index (χ1v) is 17.2. The first-order valence-electron chi connectivity index (χ1n) is 17.2. The molecular formula is C46H28N4O. The van der Waals surface area contributed by atoms with Crippen LogP contribution in [0.4, 0.5) is 0 Å². The minimum atomic E-state index is 0.794. The van der Waals surface area contributed by atoms with E-state index in [1.807, 2.05) is 30.5 Å². The number of rotatable bonds is 4. The van der Waals surface area contributed by atoms with Gasteiger partial charge in [-0.2, -0.15) is 0 Å². The smallest absolute Gasteiger partial charge is 0.161 e. The van der Waals surface area contributed by atoms with E-state index < -0.39 is 0 Å². The molecule has 238 valence electrons. The van der Waals surface area contributed by atoms with Crippen molar-refractivity contribution in [1.29, 1.82) is 0 Å². The zero-order chi connectivity index (χ0) is 33.5. The highest BCUT2D eigenvalue weighted by Gasteiger charge is 2.22. The van der Waals surface area contributed by atoms with Gasteiger partial charge >= 0.3 is 0 Å². The van der Waals surface area contributed by atoms with Crippen molar-refractivity contribution in [2.24, 2.45) is 0 Å². The van der Waals surface area contributed by atoms with Crippen molar-refractivity contribution < 1.29 is 4.42 Å². The number of imidazole rings is 1. The quantitative estimate of drug-likeness (QED) is 0.206. The van der Waals surface area contributed by atoms with Gasteiger partial charge in [0, 0.05) is 55.3 Å². The predicted molar refractivity (Wildman–Crippen MR) is 209 cm³/mol. The molecule has 0 spiro atoms. The number of furan rings is 1. The van der Waals surface area contributed by atoms with Crippen LogP contribution in [0, 0.1) is 0 Å². The number of aromatic nitrogens is 4. The Morgan fingerprint density at radius 1 is 0.549 bits per heavy atom. The van der Waals surface area contributed by atoms with Crippen LogP contribution in [0.3, 0.4) is 0 Å². The molecule has 4 heterocycles. The van der Waals surface area contributed by atoms with Gasteiger partial charge in [-0.25, -0.2) is 4.98 Å². The molecule has 0 aliphatic heterocycles. The summed E-state index contributed by atoms with van der Waals surface area (Å²) in [6, 6.07) is 55.3. The molecular weight excluding hydrogens is 625 g/mol. The highest BCUT2D eigenvalue weighted by atomic mass is 16.3. The van der Waals surface area contributed by atoms with Crippen LogP contribution in [0.2, 0.25) is 0 Å².